The standard InChI is InChI=1S/C42H30N2OS/c1-25(2)22-37-43-38(41-39(44-37)35-21-20-26-10-3-4-15-31(26)40(35)45-41)30-14-8-12-28(24-30)27-11-7-13-29(23-27)32-17-9-18-34-33-16-5-6-19-36(33)46-42(32)34/h3-21,23-25H,22H2,1-2H3. The molecule has 0 bridgehead atoms. The molecule has 46 heavy (non-hydrogen) atoms. The van der Waals surface area contributed by atoms with Crippen molar-refractivity contribution in [1.82, 2.24) is 9.97 Å². The molecule has 0 spiro atoms. The molecule has 0 aliphatic rings. The Hall–Kier alpha value is -5.32. The molecule has 0 fully saturated rings. The van der Waals surface area contributed by atoms with E-state index in [4.69, 9.17) is 14.4 Å². The molecule has 0 amide bonds. The van der Waals surface area contributed by atoms with Crippen LogP contribution in [0.1, 0.15) is 19.7 Å². The van der Waals surface area contributed by atoms with Gasteiger partial charge in [-0.25, -0.2) is 9.97 Å². The van der Waals surface area contributed by atoms with Gasteiger partial charge in [0, 0.05) is 42.9 Å². The molecule has 0 aliphatic heterocycles. The van der Waals surface area contributed by atoms with Gasteiger partial charge in [-0.15, -0.1) is 11.3 Å². The number of fused-ring (bicyclic) bond motifs is 8. The van der Waals surface area contributed by atoms with Crippen molar-refractivity contribution in [2.45, 2.75) is 20.3 Å². The second-order valence-electron chi connectivity index (χ2n) is 12.5. The SMILES string of the molecule is CC(C)Cc1nc(-c2cccc(-c3cccc(-c4cccc5c4sc4ccccc45)c3)c2)c2oc3c4ccccc4ccc3c2n1. The van der Waals surface area contributed by atoms with E-state index < -0.39 is 0 Å². The average molecular weight is 611 g/mol. The Labute approximate surface area is 270 Å². The lowest BCUT2D eigenvalue weighted by Gasteiger charge is -2.10. The molecule has 9 aromatic rings. The minimum Gasteiger partial charge on any atom is -0.451 e. The van der Waals surface area contributed by atoms with E-state index in [2.05, 4.69) is 141 Å². The topological polar surface area (TPSA) is 38.9 Å². The number of benzene rings is 6. The van der Waals surface area contributed by atoms with Crippen LogP contribution in [-0.4, -0.2) is 9.97 Å². The summed E-state index contributed by atoms with van der Waals surface area (Å²) >= 11 is 1.87. The zero-order chi connectivity index (χ0) is 30.8. The normalized spacial score (nSPS) is 12.0. The second-order valence-corrected chi connectivity index (χ2v) is 13.5. The number of nitrogens with zero attached hydrogens (tertiary/aromatic N) is 2. The van der Waals surface area contributed by atoms with Gasteiger partial charge >= 0.3 is 0 Å². The van der Waals surface area contributed by atoms with Gasteiger partial charge in [0.1, 0.15) is 22.6 Å². The molecular weight excluding hydrogens is 581 g/mol. The summed E-state index contributed by atoms with van der Waals surface area (Å²) < 4.78 is 9.32. The number of hydrogen-bond donors (Lipinski definition) is 0. The highest BCUT2D eigenvalue weighted by Crippen LogP contribution is 2.41. The van der Waals surface area contributed by atoms with E-state index in [0.29, 0.717) is 5.92 Å². The zero-order valence-electron chi connectivity index (χ0n) is 25.6. The lowest BCUT2D eigenvalue weighted by Crippen LogP contribution is -2.02. The van der Waals surface area contributed by atoms with Crippen molar-refractivity contribution in [3.8, 4) is 33.5 Å². The number of rotatable bonds is 5. The summed E-state index contributed by atoms with van der Waals surface area (Å²) in [7, 11) is 0. The molecule has 0 N–H and O–H groups in total. The molecule has 0 aliphatic carbocycles. The minimum atomic E-state index is 0.434. The molecule has 0 saturated heterocycles. The van der Waals surface area contributed by atoms with Gasteiger partial charge in [0.05, 0.1) is 0 Å². The minimum absolute atomic E-state index is 0.434. The molecule has 3 heterocycles. The third-order valence-corrected chi connectivity index (χ3v) is 10.1. The maximum absolute atomic E-state index is 6.68. The van der Waals surface area contributed by atoms with Crippen molar-refractivity contribution in [3.05, 3.63) is 133 Å². The first-order valence-electron chi connectivity index (χ1n) is 15.8. The van der Waals surface area contributed by atoms with Gasteiger partial charge in [-0.3, -0.25) is 0 Å². The molecule has 0 saturated carbocycles. The van der Waals surface area contributed by atoms with Crippen LogP contribution >= 0.6 is 11.3 Å². The Kier molecular flexibility index (Phi) is 6.25. The van der Waals surface area contributed by atoms with Crippen molar-refractivity contribution in [1.29, 1.82) is 0 Å². The van der Waals surface area contributed by atoms with Crippen molar-refractivity contribution < 1.29 is 4.42 Å². The molecule has 6 aromatic carbocycles. The molecule has 220 valence electrons. The first kappa shape index (κ1) is 27.0. The highest BCUT2D eigenvalue weighted by atomic mass is 32.1. The largest absolute Gasteiger partial charge is 0.451 e. The van der Waals surface area contributed by atoms with Gasteiger partial charge in [-0.2, -0.15) is 0 Å². The predicted molar refractivity (Wildman–Crippen MR) is 195 cm³/mol. The van der Waals surface area contributed by atoms with E-state index in [0.717, 1.165) is 61.9 Å². The molecule has 0 atom stereocenters. The van der Waals surface area contributed by atoms with E-state index in [1.54, 1.807) is 0 Å². The quantitative estimate of drug-likeness (QED) is 0.195. The number of furan rings is 1. The monoisotopic (exact) mass is 610 g/mol. The molecule has 0 unspecified atom stereocenters. The number of aromatic nitrogens is 2. The van der Waals surface area contributed by atoms with Crippen molar-refractivity contribution in [3.63, 3.8) is 0 Å². The smallest absolute Gasteiger partial charge is 0.180 e. The lowest BCUT2D eigenvalue weighted by molar-refractivity contribution is 0.620. The van der Waals surface area contributed by atoms with Gasteiger partial charge in [0.25, 0.3) is 0 Å². The van der Waals surface area contributed by atoms with Crippen LogP contribution in [0.3, 0.4) is 0 Å². The summed E-state index contributed by atoms with van der Waals surface area (Å²) in [4.78, 5) is 10.2. The third-order valence-electron chi connectivity index (χ3n) is 8.89. The van der Waals surface area contributed by atoms with E-state index in [1.807, 2.05) is 11.3 Å². The van der Waals surface area contributed by atoms with Gasteiger partial charge in [-0.1, -0.05) is 117 Å². The van der Waals surface area contributed by atoms with Gasteiger partial charge in [0.15, 0.2) is 5.58 Å². The van der Waals surface area contributed by atoms with Crippen LogP contribution in [0.25, 0.3) is 86.5 Å². The van der Waals surface area contributed by atoms with Crippen molar-refractivity contribution in [2.24, 2.45) is 5.92 Å². The van der Waals surface area contributed by atoms with E-state index in [-0.39, 0.29) is 0 Å². The molecule has 4 heteroatoms. The predicted octanol–water partition coefficient (Wildman–Crippen LogP) is 12.1. The molecule has 3 nitrogen and oxygen atoms in total. The summed E-state index contributed by atoms with van der Waals surface area (Å²) in [5.41, 5.74) is 9.14. The van der Waals surface area contributed by atoms with Crippen LogP contribution in [0.15, 0.2) is 132 Å². The van der Waals surface area contributed by atoms with Crippen LogP contribution < -0.4 is 0 Å². The van der Waals surface area contributed by atoms with Crippen molar-refractivity contribution >= 4 is 64.4 Å². The van der Waals surface area contributed by atoms with Crippen LogP contribution in [0.5, 0.6) is 0 Å². The van der Waals surface area contributed by atoms with E-state index in [1.165, 1.54) is 36.9 Å². The fourth-order valence-corrected chi connectivity index (χ4v) is 7.99. The van der Waals surface area contributed by atoms with Gasteiger partial charge < -0.3 is 4.42 Å². The Morgan fingerprint density at radius 2 is 1.28 bits per heavy atom. The van der Waals surface area contributed by atoms with E-state index >= 15 is 0 Å². The Morgan fingerprint density at radius 1 is 0.587 bits per heavy atom. The van der Waals surface area contributed by atoms with Gasteiger partial charge in [-0.05, 0) is 57.8 Å². The summed E-state index contributed by atoms with van der Waals surface area (Å²) in [6.07, 6.45) is 0.800. The maximum Gasteiger partial charge on any atom is 0.180 e. The molecule has 3 aromatic heterocycles. The van der Waals surface area contributed by atoms with Crippen LogP contribution in [-0.2, 0) is 6.42 Å². The van der Waals surface area contributed by atoms with Crippen LogP contribution in [0, 0.1) is 5.92 Å². The Morgan fingerprint density at radius 3 is 2.13 bits per heavy atom. The second kappa shape index (κ2) is 10.6. The van der Waals surface area contributed by atoms with E-state index in [9.17, 15) is 0 Å². The Balaban J connectivity index is 1.20. The number of hydrogen-bond acceptors (Lipinski definition) is 4. The highest BCUT2D eigenvalue weighted by molar-refractivity contribution is 7.26. The molecular formula is C42H30N2OS. The first-order valence-corrected chi connectivity index (χ1v) is 16.6. The fourth-order valence-electron chi connectivity index (χ4n) is 6.76. The van der Waals surface area contributed by atoms with Crippen LogP contribution in [0.4, 0.5) is 0 Å². The lowest BCUT2D eigenvalue weighted by atomic mass is 9.96. The summed E-state index contributed by atoms with van der Waals surface area (Å²) in [5.74, 6) is 1.28. The fraction of sp³-hybridized carbons (Fsp3) is 0.0952. The first-order chi connectivity index (χ1) is 22.6. The summed E-state index contributed by atoms with van der Waals surface area (Å²) in [5, 5.41) is 5.91. The zero-order valence-corrected chi connectivity index (χ0v) is 26.4. The summed E-state index contributed by atoms with van der Waals surface area (Å²) in [6, 6.07) is 45.6. The number of thiophene rings is 1. The summed E-state index contributed by atoms with van der Waals surface area (Å²) in [6.45, 7) is 4.42. The third kappa shape index (κ3) is 4.40. The average Bonchev–Trinajstić information content (AvgIpc) is 3.67. The van der Waals surface area contributed by atoms with Gasteiger partial charge in [0.2, 0.25) is 0 Å². The van der Waals surface area contributed by atoms with Crippen LogP contribution in [0.2, 0.25) is 0 Å². The molecule has 0 radical (unpaired) electrons. The van der Waals surface area contributed by atoms with Crippen molar-refractivity contribution in [2.75, 3.05) is 0 Å². The highest BCUT2D eigenvalue weighted by Gasteiger charge is 2.20. The Bertz CT molecular complexity index is 2610. The molecule has 9 rings (SSSR count). The maximum atomic E-state index is 6.68.